The second kappa shape index (κ2) is 15.0. The van der Waals surface area contributed by atoms with E-state index in [1.165, 1.54) is 15.9 Å². The van der Waals surface area contributed by atoms with Gasteiger partial charge in [-0.2, -0.15) is 0 Å². The van der Waals surface area contributed by atoms with E-state index in [1.54, 1.807) is 39.2 Å². The van der Waals surface area contributed by atoms with E-state index in [2.05, 4.69) is 15.9 Å². The lowest BCUT2D eigenvalue weighted by Gasteiger charge is -2.25. The summed E-state index contributed by atoms with van der Waals surface area (Å²) < 4.78 is 42.7. The zero-order valence-electron chi connectivity index (χ0n) is 28.5. The molecule has 0 bridgehead atoms. The number of thiazole rings is 1. The number of aromatic nitrogens is 1. The van der Waals surface area contributed by atoms with Gasteiger partial charge in [0, 0.05) is 0 Å². The van der Waals surface area contributed by atoms with E-state index >= 15 is 0 Å². The molecule has 3 heterocycles. The van der Waals surface area contributed by atoms with Crippen LogP contribution in [0.25, 0.3) is 6.08 Å². The van der Waals surface area contributed by atoms with Crippen molar-refractivity contribution in [3.63, 3.8) is 0 Å². The van der Waals surface area contributed by atoms with Crippen molar-refractivity contribution in [2.24, 2.45) is 4.99 Å². The van der Waals surface area contributed by atoms with Gasteiger partial charge in [-0.3, -0.25) is 9.36 Å². The average Bonchev–Trinajstić information content (AvgIpc) is 3.67. The molecule has 0 N–H and O–H groups in total. The molecule has 1 atom stereocenters. The molecule has 2 aliphatic rings. The fourth-order valence-electron chi connectivity index (χ4n) is 5.72. The van der Waals surface area contributed by atoms with Crippen LogP contribution in [0.15, 0.2) is 74.1 Å². The third kappa shape index (κ3) is 7.10. The Hall–Kier alpha value is -4.75. The predicted molar refractivity (Wildman–Crippen MR) is 191 cm³/mol. The number of ether oxygens (including phenoxy) is 7. The number of carbonyl (C=O) groups excluding carboxylic acids is 1. The Labute approximate surface area is 301 Å². The fraction of sp³-hybridized carbons (Fsp3) is 0.324. The molecule has 0 saturated heterocycles. The van der Waals surface area contributed by atoms with Gasteiger partial charge in [-0.05, 0) is 110 Å². The first-order chi connectivity index (χ1) is 24.1. The molecule has 0 spiro atoms. The first-order valence-electron chi connectivity index (χ1n) is 16.1. The molecule has 50 heavy (non-hydrogen) atoms. The van der Waals surface area contributed by atoms with Crippen LogP contribution in [0.1, 0.15) is 57.4 Å². The average molecular weight is 766 g/mol. The maximum absolute atomic E-state index is 14.3. The highest BCUT2D eigenvalue weighted by molar-refractivity contribution is 9.10. The minimum Gasteiger partial charge on any atom is -0.493 e. The molecule has 4 aromatic rings. The third-order valence-corrected chi connectivity index (χ3v) is 9.40. The Morgan fingerprint density at radius 1 is 1.04 bits per heavy atom. The highest BCUT2D eigenvalue weighted by Gasteiger charge is 2.34. The SMILES string of the molecule is CCOC(=O)C1=C(C)N=c2s/c(=C\c3cc(Br)c(OCc4ccc5c(c4)OCO5)c(OCC)c3)c(=O)n2[C@H]1c1ccc(OC(C)C)c(OC)c1. The molecular formula is C37H37BrN2O9S. The topological polar surface area (TPSA) is 116 Å². The van der Waals surface area contributed by atoms with Crippen LogP contribution in [0.2, 0.25) is 0 Å². The molecule has 2 aliphatic heterocycles. The van der Waals surface area contributed by atoms with Crippen LogP contribution in [0, 0.1) is 0 Å². The Kier molecular flexibility index (Phi) is 10.5. The summed E-state index contributed by atoms with van der Waals surface area (Å²) in [7, 11) is 1.55. The number of methoxy groups -OCH3 is 1. The number of benzene rings is 3. The molecule has 0 saturated carbocycles. The number of hydrogen-bond donors (Lipinski definition) is 0. The van der Waals surface area contributed by atoms with E-state index in [1.807, 2.05) is 57.2 Å². The van der Waals surface area contributed by atoms with E-state index in [0.29, 0.717) is 71.7 Å². The van der Waals surface area contributed by atoms with E-state index in [0.717, 1.165) is 5.56 Å². The van der Waals surface area contributed by atoms with Crippen molar-refractivity contribution in [2.75, 3.05) is 27.1 Å². The number of nitrogens with zero attached hydrogens (tertiary/aromatic N) is 2. The number of fused-ring (bicyclic) bond motifs is 2. The quantitative estimate of drug-likeness (QED) is 0.159. The molecule has 0 radical (unpaired) electrons. The summed E-state index contributed by atoms with van der Waals surface area (Å²) >= 11 is 4.88. The van der Waals surface area contributed by atoms with Crippen LogP contribution in [0.3, 0.4) is 0 Å². The molecular weight excluding hydrogens is 728 g/mol. The summed E-state index contributed by atoms with van der Waals surface area (Å²) in [4.78, 5) is 32.8. The molecule has 6 rings (SSSR count). The maximum Gasteiger partial charge on any atom is 0.338 e. The van der Waals surface area contributed by atoms with E-state index < -0.39 is 12.0 Å². The van der Waals surface area contributed by atoms with Crippen LogP contribution in [0.5, 0.6) is 34.5 Å². The van der Waals surface area contributed by atoms with Gasteiger partial charge in [-0.1, -0.05) is 23.5 Å². The van der Waals surface area contributed by atoms with Crippen molar-refractivity contribution >= 4 is 39.3 Å². The molecule has 3 aromatic carbocycles. The Bertz CT molecular complexity index is 2150. The fourth-order valence-corrected chi connectivity index (χ4v) is 7.35. The Morgan fingerprint density at radius 2 is 1.84 bits per heavy atom. The van der Waals surface area contributed by atoms with Crippen LogP contribution < -0.4 is 43.3 Å². The zero-order valence-corrected chi connectivity index (χ0v) is 30.9. The van der Waals surface area contributed by atoms with Gasteiger partial charge in [-0.15, -0.1) is 0 Å². The first kappa shape index (κ1) is 35.1. The summed E-state index contributed by atoms with van der Waals surface area (Å²) in [6, 6.07) is 13.9. The molecule has 0 aliphatic carbocycles. The van der Waals surface area contributed by atoms with Gasteiger partial charge in [0.2, 0.25) is 6.79 Å². The van der Waals surface area contributed by atoms with Crippen LogP contribution in [0.4, 0.5) is 0 Å². The van der Waals surface area contributed by atoms with Crippen molar-refractivity contribution in [1.82, 2.24) is 4.57 Å². The molecule has 13 heteroatoms. The molecule has 0 fully saturated rings. The number of rotatable bonds is 12. The van der Waals surface area contributed by atoms with Crippen molar-refractivity contribution in [3.8, 4) is 34.5 Å². The summed E-state index contributed by atoms with van der Waals surface area (Å²) in [5.41, 5.74) is 2.68. The van der Waals surface area contributed by atoms with Crippen LogP contribution in [-0.4, -0.2) is 43.8 Å². The minimum atomic E-state index is -0.813. The number of esters is 1. The minimum absolute atomic E-state index is 0.0800. The van der Waals surface area contributed by atoms with Gasteiger partial charge in [0.1, 0.15) is 6.61 Å². The van der Waals surface area contributed by atoms with Crippen molar-refractivity contribution in [2.45, 2.75) is 53.4 Å². The summed E-state index contributed by atoms with van der Waals surface area (Å²) in [6.45, 7) is 10.3. The molecule has 262 valence electrons. The van der Waals surface area contributed by atoms with Gasteiger partial charge < -0.3 is 33.2 Å². The smallest absolute Gasteiger partial charge is 0.338 e. The lowest BCUT2D eigenvalue weighted by atomic mass is 9.95. The van der Waals surface area contributed by atoms with Gasteiger partial charge in [-0.25, -0.2) is 9.79 Å². The van der Waals surface area contributed by atoms with Gasteiger partial charge in [0.05, 0.1) is 52.7 Å². The van der Waals surface area contributed by atoms with Gasteiger partial charge in [0.25, 0.3) is 5.56 Å². The first-order valence-corrected chi connectivity index (χ1v) is 17.7. The Morgan fingerprint density at radius 3 is 2.58 bits per heavy atom. The van der Waals surface area contributed by atoms with Gasteiger partial charge in [0.15, 0.2) is 39.3 Å². The second-order valence-electron chi connectivity index (χ2n) is 11.6. The molecule has 1 aromatic heterocycles. The van der Waals surface area contributed by atoms with Crippen molar-refractivity contribution in [3.05, 3.63) is 101 Å². The lowest BCUT2D eigenvalue weighted by Crippen LogP contribution is -2.40. The maximum atomic E-state index is 14.3. The standard InChI is InChI=1S/C37H37BrN2O9S/c1-7-44-30-15-23(13-25(38)34(30)46-18-22-9-11-26-29(14-22)48-19-47-26)16-31-35(41)40-33(24-10-12-27(49-20(3)4)28(17-24)43-6)32(36(42)45-8-2)21(5)39-37(40)50-31/h9-17,20,33H,7-8,18-19H2,1-6H3/b31-16-/t33-/m0/s1. The van der Waals surface area contributed by atoms with Crippen molar-refractivity contribution < 1.29 is 38.0 Å². The molecule has 0 amide bonds. The highest BCUT2D eigenvalue weighted by Crippen LogP contribution is 2.39. The summed E-state index contributed by atoms with van der Waals surface area (Å²) in [5, 5.41) is 0. The second-order valence-corrected chi connectivity index (χ2v) is 13.5. The van der Waals surface area contributed by atoms with Crippen molar-refractivity contribution in [1.29, 1.82) is 0 Å². The summed E-state index contributed by atoms with van der Waals surface area (Å²) in [5.74, 6) is 2.90. The van der Waals surface area contributed by atoms with Gasteiger partial charge >= 0.3 is 5.97 Å². The number of allylic oxidation sites excluding steroid dienone is 1. The zero-order chi connectivity index (χ0) is 35.5. The summed E-state index contributed by atoms with van der Waals surface area (Å²) in [6.07, 6.45) is 1.70. The van der Waals surface area contributed by atoms with Crippen LogP contribution >= 0.6 is 27.3 Å². The predicted octanol–water partition coefficient (Wildman–Crippen LogP) is 6.06. The highest BCUT2D eigenvalue weighted by atomic mass is 79.9. The van der Waals surface area contributed by atoms with Crippen LogP contribution in [-0.2, 0) is 16.1 Å². The molecule has 11 nitrogen and oxygen atoms in total. The van der Waals surface area contributed by atoms with E-state index in [4.69, 9.17) is 38.2 Å². The monoisotopic (exact) mass is 764 g/mol. The third-order valence-electron chi connectivity index (χ3n) is 7.83. The normalized spacial score (nSPS) is 15.1. The van der Waals surface area contributed by atoms with E-state index in [9.17, 15) is 9.59 Å². The Balaban J connectivity index is 1.40. The number of halogens is 1. The number of carbonyl (C=O) groups is 1. The molecule has 0 unspecified atom stereocenters. The largest absolute Gasteiger partial charge is 0.493 e. The lowest BCUT2D eigenvalue weighted by molar-refractivity contribution is -0.139. The van der Waals surface area contributed by atoms with E-state index in [-0.39, 0.29) is 37.2 Å². The number of hydrogen-bond acceptors (Lipinski definition) is 11.